The van der Waals surface area contributed by atoms with Gasteiger partial charge in [0.05, 0.1) is 5.60 Å². The highest BCUT2D eigenvalue weighted by molar-refractivity contribution is 5.06. The van der Waals surface area contributed by atoms with E-state index in [2.05, 4.69) is 13.8 Å². The van der Waals surface area contributed by atoms with E-state index in [1.807, 2.05) is 6.92 Å². The van der Waals surface area contributed by atoms with Crippen LogP contribution >= 0.6 is 0 Å². The molecule has 0 saturated heterocycles. The summed E-state index contributed by atoms with van der Waals surface area (Å²) in [5.41, 5.74) is 0.0270. The van der Waals surface area contributed by atoms with E-state index in [1.165, 1.54) is 19.3 Å². The Bertz CT molecular complexity index is 193. The van der Waals surface area contributed by atoms with Gasteiger partial charge in [-0.2, -0.15) is 0 Å². The van der Waals surface area contributed by atoms with Gasteiger partial charge < -0.3 is 5.11 Å². The molecule has 70 valence electrons. The molecule has 1 nitrogen and oxygen atoms in total. The third kappa shape index (κ3) is 1.02. The molecule has 2 aliphatic rings. The smallest absolute Gasteiger partial charge is 0.0655 e. The molecular formula is C11H20O. The molecule has 1 heteroatoms. The van der Waals surface area contributed by atoms with Gasteiger partial charge in [0.15, 0.2) is 0 Å². The molecule has 0 heterocycles. The van der Waals surface area contributed by atoms with E-state index in [0.29, 0.717) is 11.3 Å². The molecule has 12 heavy (non-hydrogen) atoms. The topological polar surface area (TPSA) is 20.2 Å². The van der Waals surface area contributed by atoms with Crippen LogP contribution in [0.5, 0.6) is 0 Å². The third-order valence-electron chi connectivity index (χ3n) is 4.03. The van der Waals surface area contributed by atoms with Crippen molar-refractivity contribution < 1.29 is 5.11 Å². The van der Waals surface area contributed by atoms with Gasteiger partial charge in [-0.05, 0) is 43.4 Å². The maximum atomic E-state index is 10.2. The van der Waals surface area contributed by atoms with Gasteiger partial charge in [-0.15, -0.1) is 0 Å². The van der Waals surface area contributed by atoms with Crippen molar-refractivity contribution in [3.63, 3.8) is 0 Å². The van der Waals surface area contributed by atoms with Gasteiger partial charge in [-0.1, -0.05) is 20.3 Å². The van der Waals surface area contributed by atoms with Crippen molar-refractivity contribution in [1.82, 2.24) is 0 Å². The van der Waals surface area contributed by atoms with Gasteiger partial charge in [-0.25, -0.2) is 0 Å². The first-order chi connectivity index (χ1) is 5.43. The van der Waals surface area contributed by atoms with Gasteiger partial charge in [0.2, 0.25) is 0 Å². The van der Waals surface area contributed by atoms with Crippen molar-refractivity contribution >= 4 is 0 Å². The molecule has 2 fully saturated rings. The van der Waals surface area contributed by atoms with E-state index in [4.69, 9.17) is 0 Å². The summed E-state index contributed by atoms with van der Waals surface area (Å²) < 4.78 is 0. The fourth-order valence-electron chi connectivity index (χ4n) is 3.89. The number of rotatable bonds is 0. The summed E-state index contributed by atoms with van der Waals surface area (Å²) in [6.45, 7) is 6.63. The Morgan fingerprint density at radius 1 is 1.25 bits per heavy atom. The minimum atomic E-state index is -0.370. The van der Waals surface area contributed by atoms with E-state index >= 15 is 0 Å². The zero-order valence-electron chi connectivity index (χ0n) is 8.43. The van der Waals surface area contributed by atoms with Gasteiger partial charge in [-0.3, -0.25) is 0 Å². The molecule has 0 aromatic rings. The zero-order chi connectivity index (χ0) is 8.98. The molecule has 0 bridgehead atoms. The Kier molecular flexibility index (Phi) is 1.61. The van der Waals surface area contributed by atoms with Crippen molar-refractivity contribution in [1.29, 1.82) is 0 Å². The van der Waals surface area contributed by atoms with Crippen LogP contribution in [0.4, 0.5) is 0 Å². The van der Waals surface area contributed by atoms with Gasteiger partial charge in [0, 0.05) is 0 Å². The summed E-state index contributed by atoms with van der Waals surface area (Å²) in [5.74, 6) is 1.39. The minimum Gasteiger partial charge on any atom is -0.390 e. The van der Waals surface area contributed by atoms with Gasteiger partial charge >= 0.3 is 0 Å². The van der Waals surface area contributed by atoms with Crippen LogP contribution in [-0.4, -0.2) is 10.7 Å². The van der Waals surface area contributed by atoms with Crippen molar-refractivity contribution in [3.8, 4) is 0 Å². The third-order valence-corrected chi connectivity index (χ3v) is 4.03. The molecule has 3 atom stereocenters. The second-order valence-electron chi connectivity index (χ2n) is 5.68. The van der Waals surface area contributed by atoms with Crippen molar-refractivity contribution in [2.45, 2.75) is 52.1 Å². The summed E-state index contributed by atoms with van der Waals surface area (Å²) in [7, 11) is 0. The number of aliphatic hydroxyl groups is 1. The largest absolute Gasteiger partial charge is 0.390 e. The van der Waals surface area contributed by atoms with Crippen LogP contribution < -0.4 is 0 Å². The fraction of sp³-hybridized carbons (Fsp3) is 1.00. The van der Waals surface area contributed by atoms with Crippen LogP contribution in [0.2, 0.25) is 0 Å². The highest BCUT2D eigenvalue weighted by Crippen LogP contribution is 2.60. The highest BCUT2D eigenvalue weighted by atomic mass is 16.3. The van der Waals surface area contributed by atoms with E-state index in [-0.39, 0.29) is 5.60 Å². The van der Waals surface area contributed by atoms with E-state index in [1.54, 1.807) is 0 Å². The first kappa shape index (κ1) is 8.55. The van der Waals surface area contributed by atoms with E-state index < -0.39 is 0 Å². The monoisotopic (exact) mass is 168 g/mol. The lowest BCUT2D eigenvalue weighted by Gasteiger charge is -2.60. The normalized spacial score (nSPS) is 51.0. The second-order valence-corrected chi connectivity index (χ2v) is 5.68. The first-order valence-electron chi connectivity index (χ1n) is 5.16. The molecule has 0 aromatic heterocycles. The average molecular weight is 168 g/mol. The summed E-state index contributed by atoms with van der Waals surface area (Å²) >= 11 is 0. The standard InChI is InChI=1S/C11H20O/c1-10(2)7-8-5-4-6-11(3,12)9(8)10/h8-9,12H,4-7H2,1-3H3. The van der Waals surface area contributed by atoms with Gasteiger partial charge in [0.25, 0.3) is 0 Å². The Morgan fingerprint density at radius 3 is 2.33 bits per heavy atom. The molecular weight excluding hydrogens is 148 g/mol. The number of hydrogen-bond acceptors (Lipinski definition) is 1. The zero-order valence-corrected chi connectivity index (χ0v) is 8.43. The Balaban J connectivity index is 2.19. The molecule has 2 saturated carbocycles. The summed E-state index contributed by atoms with van der Waals surface area (Å²) in [5, 5.41) is 10.2. The Labute approximate surface area is 75.2 Å². The number of hydrogen-bond donors (Lipinski definition) is 1. The van der Waals surface area contributed by atoms with E-state index in [0.717, 1.165) is 12.3 Å². The molecule has 2 rings (SSSR count). The predicted octanol–water partition coefficient (Wildman–Crippen LogP) is 2.58. The van der Waals surface area contributed by atoms with Crippen molar-refractivity contribution in [2.24, 2.45) is 17.3 Å². The Morgan fingerprint density at radius 2 is 1.92 bits per heavy atom. The molecule has 2 aliphatic carbocycles. The molecule has 0 aromatic carbocycles. The van der Waals surface area contributed by atoms with Crippen LogP contribution in [0.15, 0.2) is 0 Å². The summed E-state index contributed by atoms with van der Waals surface area (Å²) in [4.78, 5) is 0. The molecule has 0 amide bonds. The average Bonchev–Trinajstić information content (AvgIpc) is 1.81. The molecule has 3 unspecified atom stereocenters. The van der Waals surface area contributed by atoms with Crippen LogP contribution in [0.1, 0.15) is 46.5 Å². The van der Waals surface area contributed by atoms with Crippen LogP contribution in [0, 0.1) is 17.3 Å². The lowest BCUT2D eigenvalue weighted by Crippen LogP contribution is -2.58. The molecule has 1 N–H and O–H groups in total. The minimum absolute atomic E-state index is 0.370. The predicted molar refractivity (Wildman–Crippen MR) is 49.9 cm³/mol. The van der Waals surface area contributed by atoms with Crippen LogP contribution in [0.3, 0.4) is 0 Å². The number of fused-ring (bicyclic) bond motifs is 1. The quantitative estimate of drug-likeness (QED) is 0.589. The van der Waals surface area contributed by atoms with Crippen molar-refractivity contribution in [3.05, 3.63) is 0 Å². The first-order valence-corrected chi connectivity index (χ1v) is 5.16. The van der Waals surface area contributed by atoms with Crippen LogP contribution in [0.25, 0.3) is 0 Å². The molecule has 0 radical (unpaired) electrons. The lowest BCUT2D eigenvalue weighted by molar-refractivity contribution is -0.175. The Hall–Kier alpha value is -0.0400. The summed E-state index contributed by atoms with van der Waals surface area (Å²) in [6, 6.07) is 0. The lowest BCUT2D eigenvalue weighted by atomic mass is 9.47. The van der Waals surface area contributed by atoms with Crippen LogP contribution in [-0.2, 0) is 0 Å². The maximum Gasteiger partial charge on any atom is 0.0655 e. The molecule has 0 spiro atoms. The fourth-order valence-corrected chi connectivity index (χ4v) is 3.89. The molecule has 0 aliphatic heterocycles. The van der Waals surface area contributed by atoms with E-state index in [9.17, 15) is 5.11 Å². The maximum absolute atomic E-state index is 10.2. The highest BCUT2D eigenvalue weighted by Gasteiger charge is 2.56. The second kappa shape index (κ2) is 2.25. The summed E-state index contributed by atoms with van der Waals surface area (Å²) in [6.07, 6.45) is 4.92. The SMILES string of the molecule is CC1(C)CC2CCCC(C)(O)C21. The van der Waals surface area contributed by atoms with Crippen molar-refractivity contribution in [2.75, 3.05) is 0 Å². The van der Waals surface area contributed by atoms with Gasteiger partial charge in [0.1, 0.15) is 0 Å².